The van der Waals surface area contributed by atoms with Crippen LogP contribution in [0.2, 0.25) is 0 Å². The number of benzene rings is 2. The Hall–Kier alpha value is -3.19. The lowest BCUT2D eigenvalue weighted by atomic mass is 10.0. The summed E-state index contributed by atoms with van der Waals surface area (Å²) in [4.78, 5) is 16.8. The van der Waals surface area contributed by atoms with Crippen molar-refractivity contribution >= 4 is 16.9 Å². The van der Waals surface area contributed by atoms with Gasteiger partial charge in [-0.05, 0) is 12.1 Å². The van der Waals surface area contributed by atoms with Crippen molar-refractivity contribution in [3.63, 3.8) is 0 Å². The Labute approximate surface area is 127 Å². The number of carbonyl (C=O) groups is 1. The number of aromatic nitrogens is 1. The molecule has 0 spiro atoms. The van der Waals surface area contributed by atoms with Crippen molar-refractivity contribution < 1.29 is 9.53 Å². The second-order valence-corrected chi connectivity index (χ2v) is 4.67. The van der Waals surface area contributed by atoms with Crippen LogP contribution in [0.15, 0.2) is 60.7 Å². The van der Waals surface area contributed by atoms with E-state index in [0.29, 0.717) is 22.2 Å². The molecule has 1 aromatic heterocycles. The first kappa shape index (κ1) is 13.8. The number of para-hydroxylation sites is 1. The fourth-order valence-electron chi connectivity index (χ4n) is 2.28. The van der Waals surface area contributed by atoms with E-state index in [9.17, 15) is 4.79 Å². The van der Waals surface area contributed by atoms with Crippen molar-refractivity contribution in [1.82, 2.24) is 4.98 Å². The minimum absolute atomic E-state index is 0.268. The molecular formula is C18H12N2O2. The van der Waals surface area contributed by atoms with E-state index in [4.69, 9.17) is 10.00 Å². The first-order valence-electron chi connectivity index (χ1n) is 6.79. The topological polar surface area (TPSA) is 63.0 Å². The molecule has 0 fully saturated rings. The van der Waals surface area contributed by atoms with Crippen molar-refractivity contribution in [3.8, 4) is 17.3 Å². The molecule has 2 aromatic carbocycles. The monoisotopic (exact) mass is 288 g/mol. The van der Waals surface area contributed by atoms with Crippen LogP contribution >= 0.6 is 0 Å². The molecule has 0 aliphatic heterocycles. The lowest BCUT2D eigenvalue weighted by Crippen LogP contribution is -2.07. The summed E-state index contributed by atoms with van der Waals surface area (Å²) in [6.07, 6.45) is 0. The Balaban J connectivity index is 2.17. The zero-order chi connectivity index (χ0) is 15.4. The van der Waals surface area contributed by atoms with Gasteiger partial charge in [-0.15, -0.1) is 0 Å². The van der Waals surface area contributed by atoms with Crippen LogP contribution < -0.4 is 0 Å². The number of hydrogen-bond acceptors (Lipinski definition) is 4. The number of esters is 1. The van der Waals surface area contributed by atoms with Gasteiger partial charge in [0, 0.05) is 10.9 Å². The molecule has 0 amide bonds. The SMILES string of the molecule is N#CCOC(=O)c1cc(-c2ccccc2)nc2ccccc12. The van der Waals surface area contributed by atoms with Crippen molar-refractivity contribution in [2.75, 3.05) is 6.61 Å². The van der Waals surface area contributed by atoms with E-state index in [1.807, 2.05) is 54.6 Å². The van der Waals surface area contributed by atoms with Gasteiger partial charge in [-0.2, -0.15) is 5.26 Å². The molecule has 0 bridgehead atoms. The van der Waals surface area contributed by atoms with Crippen LogP contribution in [0.3, 0.4) is 0 Å². The predicted octanol–water partition coefficient (Wildman–Crippen LogP) is 3.58. The average molecular weight is 288 g/mol. The maximum absolute atomic E-state index is 12.2. The fourth-order valence-corrected chi connectivity index (χ4v) is 2.28. The van der Waals surface area contributed by atoms with Crippen molar-refractivity contribution in [3.05, 3.63) is 66.2 Å². The minimum Gasteiger partial charge on any atom is -0.447 e. The van der Waals surface area contributed by atoms with E-state index in [2.05, 4.69) is 4.98 Å². The van der Waals surface area contributed by atoms with Gasteiger partial charge in [0.1, 0.15) is 6.07 Å². The van der Waals surface area contributed by atoms with Gasteiger partial charge in [0.05, 0.1) is 16.8 Å². The summed E-state index contributed by atoms with van der Waals surface area (Å²) in [5.74, 6) is -0.516. The zero-order valence-electron chi connectivity index (χ0n) is 11.7. The average Bonchev–Trinajstić information content (AvgIpc) is 2.59. The van der Waals surface area contributed by atoms with Crippen LogP contribution in [0.4, 0.5) is 0 Å². The number of rotatable bonds is 3. The maximum Gasteiger partial charge on any atom is 0.339 e. The van der Waals surface area contributed by atoms with Crippen LogP contribution in [0.5, 0.6) is 0 Å². The number of nitrogens with zero attached hydrogens (tertiary/aromatic N) is 2. The van der Waals surface area contributed by atoms with Gasteiger partial charge in [-0.25, -0.2) is 9.78 Å². The van der Waals surface area contributed by atoms with Crippen LogP contribution in [-0.4, -0.2) is 17.6 Å². The molecule has 3 aromatic rings. The van der Waals surface area contributed by atoms with Gasteiger partial charge in [-0.1, -0.05) is 48.5 Å². The van der Waals surface area contributed by atoms with Crippen molar-refractivity contribution in [1.29, 1.82) is 5.26 Å². The summed E-state index contributed by atoms with van der Waals surface area (Å²) >= 11 is 0. The van der Waals surface area contributed by atoms with E-state index in [1.165, 1.54) is 0 Å². The molecule has 0 N–H and O–H groups in total. The van der Waals surface area contributed by atoms with Gasteiger partial charge in [-0.3, -0.25) is 0 Å². The summed E-state index contributed by atoms with van der Waals surface area (Å²) in [5, 5.41) is 9.28. The number of ether oxygens (including phenoxy) is 1. The van der Waals surface area contributed by atoms with Crippen LogP contribution in [0, 0.1) is 11.3 Å². The number of carbonyl (C=O) groups excluding carboxylic acids is 1. The Morgan fingerprint density at radius 1 is 1.09 bits per heavy atom. The molecule has 1 heterocycles. The molecule has 4 nitrogen and oxygen atoms in total. The van der Waals surface area contributed by atoms with E-state index in [-0.39, 0.29) is 6.61 Å². The predicted molar refractivity (Wildman–Crippen MR) is 83.1 cm³/mol. The summed E-state index contributed by atoms with van der Waals surface area (Å²) in [7, 11) is 0. The van der Waals surface area contributed by atoms with Gasteiger partial charge >= 0.3 is 5.97 Å². The number of fused-ring (bicyclic) bond motifs is 1. The molecule has 0 unspecified atom stereocenters. The third-order valence-corrected chi connectivity index (χ3v) is 3.27. The quantitative estimate of drug-likeness (QED) is 0.691. The molecule has 0 aliphatic carbocycles. The highest BCUT2D eigenvalue weighted by Crippen LogP contribution is 2.25. The highest BCUT2D eigenvalue weighted by molar-refractivity contribution is 6.04. The summed E-state index contributed by atoms with van der Waals surface area (Å²) in [6.45, 7) is -0.268. The molecule has 3 rings (SSSR count). The number of pyridine rings is 1. The molecule has 0 atom stereocenters. The van der Waals surface area contributed by atoms with Gasteiger partial charge in [0.25, 0.3) is 0 Å². The largest absolute Gasteiger partial charge is 0.447 e. The second kappa shape index (κ2) is 6.06. The Kier molecular flexibility index (Phi) is 3.80. The Morgan fingerprint density at radius 3 is 2.59 bits per heavy atom. The molecule has 0 aliphatic rings. The van der Waals surface area contributed by atoms with E-state index >= 15 is 0 Å². The van der Waals surface area contributed by atoms with Crippen LogP contribution in [-0.2, 0) is 4.74 Å². The standard InChI is InChI=1S/C18H12N2O2/c19-10-11-22-18(21)15-12-17(13-6-2-1-3-7-13)20-16-9-5-4-8-14(15)16/h1-9,12H,11H2. The van der Waals surface area contributed by atoms with Crippen molar-refractivity contribution in [2.45, 2.75) is 0 Å². The number of nitriles is 1. The Morgan fingerprint density at radius 2 is 1.82 bits per heavy atom. The molecule has 106 valence electrons. The molecule has 0 saturated heterocycles. The lowest BCUT2D eigenvalue weighted by molar-refractivity contribution is 0.0557. The molecular weight excluding hydrogens is 276 g/mol. The van der Waals surface area contributed by atoms with E-state index in [1.54, 1.807) is 12.1 Å². The first-order chi connectivity index (χ1) is 10.8. The van der Waals surface area contributed by atoms with Crippen molar-refractivity contribution in [2.24, 2.45) is 0 Å². The first-order valence-corrected chi connectivity index (χ1v) is 6.79. The smallest absolute Gasteiger partial charge is 0.339 e. The number of hydrogen-bond donors (Lipinski definition) is 0. The molecule has 4 heteroatoms. The van der Waals surface area contributed by atoms with E-state index in [0.717, 1.165) is 5.56 Å². The maximum atomic E-state index is 12.2. The van der Waals surface area contributed by atoms with Gasteiger partial charge in [0.2, 0.25) is 0 Å². The second-order valence-electron chi connectivity index (χ2n) is 4.67. The summed E-state index contributed by atoms with van der Waals surface area (Å²) in [6, 6.07) is 20.5. The third kappa shape index (κ3) is 2.65. The van der Waals surface area contributed by atoms with Crippen LogP contribution in [0.25, 0.3) is 22.2 Å². The fraction of sp³-hybridized carbons (Fsp3) is 0.0556. The minimum atomic E-state index is -0.516. The normalized spacial score (nSPS) is 10.1. The molecule has 0 saturated carbocycles. The van der Waals surface area contributed by atoms with Crippen LogP contribution in [0.1, 0.15) is 10.4 Å². The molecule has 0 radical (unpaired) electrons. The van der Waals surface area contributed by atoms with Gasteiger partial charge in [0.15, 0.2) is 6.61 Å². The lowest BCUT2D eigenvalue weighted by Gasteiger charge is -2.08. The summed E-state index contributed by atoms with van der Waals surface area (Å²) in [5.41, 5.74) is 2.75. The third-order valence-electron chi connectivity index (χ3n) is 3.27. The summed E-state index contributed by atoms with van der Waals surface area (Å²) < 4.78 is 4.95. The zero-order valence-corrected chi connectivity index (χ0v) is 11.7. The van der Waals surface area contributed by atoms with E-state index < -0.39 is 5.97 Å². The van der Waals surface area contributed by atoms with Gasteiger partial charge < -0.3 is 4.74 Å². The highest BCUT2D eigenvalue weighted by atomic mass is 16.5. The highest BCUT2D eigenvalue weighted by Gasteiger charge is 2.14. The Bertz CT molecular complexity index is 867. The molecule has 22 heavy (non-hydrogen) atoms.